The summed E-state index contributed by atoms with van der Waals surface area (Å²) in [5.41, 5.74) is 10.0. The fourth-order valence-electron chi connectivity index (χ4n) is 3.14. The third-order valence-electron chi connectivity index (χ3n) is 4.56. The number of amides is 1. The molecule has 0 aromatic heterocycles. The number of aryl methyl sites for hydroxylation is 1. The second-order valence-corrected chi connectivity index (χ2v) is 6.58. The molecule has 5 nitrogen and oxygen atoms in total. The molecule has 0 bridgehead atoms. The van der Waals surface area contributed by atoms with Gasteiger partial charge in [-0.25, -0.2) is 0 Å². The van der Waals surface area contributed by atoms with Crippen LogP contribution in [0, 0.1) is 6.92 Å². The van der Waals surface area contributed by atoms with E-state index in [9.17, 15) is 4.79 Å². The topological polar surface area (TPSA) is 61.6 Å². The average Bonchev–Trinajstić information content (AvgIpc) is 2.63. The lowest BCUT2D eigenvalue weighted by molar-refractivity contribution is 0.0747. The van der Waals surface area contributed by atoms with E-state index in [0.29, 0.717) is 0 Å². The summed E-state index contributed by atoms with van der Waals surface area (Å²) in [6.45, 7) is 7.14. The molecule has 0 aliphatic carbocycles. The molecule has 132 valence electrons. The van der Waals surface area contributed by atoms with Crippen molar-refractivity contribution in [1.82, 2.24) is 4.90 Å². The maximum absolute atomic E-state index is 12.5. The van der Waals surface area contributed by atoms with Crippen LogP contribution >= 0.6 is 0 Å². The molecule has 1 fully saturated rings. The minimum absolute atomic E-state index is 0.0886. The Kier molecular flexibility index (Phi) is 5.24. The Labute approximate surface area is 149 Å². The highest BCUT2D eigenvalue weighted by Crippen LogP contribution is 2.25. The second-order valence-electron chi connectivity index (χ2n) is 6.58. The van der Waals surface area contributed by atoms with Crippen LogP contribution in [0.15, 0.2) is 48.5 Å². The molecule has 25 heavy (non-hydrogen) atoms. The Morgan fingerprint density at radius 1 is 1.08 bits per heavy atom. The van der Waals surface area contributed by atoms with E-state index in [-0.39, 0.29) is 12.1 Å². The van der Waals surface area contributed by atoms with Crippen molar-refractivity contribution < 1.29 is 4.79 Å². The number of piperazine rings is 1. The minimum atomic E-state index is -0.0886. The molecule has 1 amide bonds. The number of carbonyl (C=O) groups is 1. The third-order valence-corrected chi connectivity index (χ3v) is 4.56. The molecule has 1 aliphatic heterocycles. The fourth-order valence-corrected chi connectivity index (χ4v) is 3.14. The SMILES string of the molecule is Cc1ccc(N2CCN(C(=O)c3ccccc3)CC2)cc1NC(C)N. The number of nitrogens with two attached hydrogens (primary N) is 1. The number of rotatable bonds is 4. The quantitative estimate of drug-likeness (QED) is 0.842. The molecule has 3 N–H and O–H groups in total. The van der Waals surface area contributed by atoms with Crippen LogP contribution in [-0.2, 0) is 0 Å². The van der Waals surface area contributed by atoms with E-state index in [0.717, 1.165) is 37.4 Å². The van der Waals surface area contributed by atoms with Gasteiger partial charge < -0.3 is 20.9 Å². The van der Waals surface area contributed by atoms with Crippen molar-refractivity contribution in [2.24, 2.45) is 5.73 Å². The van der Waals surface area contributed by atoms with Crippen LogP contribution in [0.1, 0.15) is 22.8 Å². The van der Waals surface area contributed by atoms with Crippen molar-refractivity contribution in [3.05, 3.63) is 59.7 Å². The molecule has 1 aliphatic rings. The summed E-state index contributed by atoms with van der Waals surface area (Å²) in [7, 11) is 0. The van der Waals surface area contributed by atoms with Crippen molar-refractivity contribution in [2.45, 2.75) is 20.0 Å². The molecule has 2 aromatic carbocycles. The van der Waals surface area contributed by atoms with Gasteiger partial charge in [0.1, 0.15) is 0 Å². The molecule has 2 aromatic rings. The van der Waals surface area contributed by atoms with Gasteiger partial charge in [0.2, 0.25) is 0 Å². The maximum Gasteiger partial charge on any atom is 0.253 e. The first kappa shape index (κ1) is 17.3. The monoisotopic (exact) mass is 338 g/mol. The highest BCUT2D eigenvalue weighted by atomic mass is 16.2. The smallest absolute Gasteiger partial charge is 0.253 e. The number of nitrogens with zero attached hydrogens (tertiary/aromatic N) is 2. The van der Waals surface area contributed by atoms with Gasteiger partial charge in [-0.3, -0.25) is 4.79 Å². The van der Waals surface area contributed by atoms with Crippen LogP contribution in [0.2, 0.25) is 0 Å². The van der Waals surface area contributed by atoms with E-state index in [4.69, 9.17) is 5.73 Å². The Morgan fingerprint density at radius 2 is 1.76 bits per heavy atom. The van der Waals surface area contributed by atoms with Crippen molar-refractivity contribution >= 4 is 17.3 Å². The summed E-state index contributed by atoms with van der Waals surface area (Å²) >= 11 is 0. The Hall–Kier alpha value is -2.53. The summed E-state index contributed by atoms with van der Waals surface area (Å²) in [6, 6.07) is 15.9. The third kappa shape index (κ3) is 4.12. The van der Waals surface area contributed by atoms with Crippen LogP contribution in [-0.4, -0.2) is 43.2 Å². The zero-order chi connectivity index (χ0) is 17.8. The highest BCUT2D eigenvalue weighted by Gasteiger charge is 2.22. The van der Waals surface area contributed by atoms with Crippen molar-refractivity contribution in [2.75, 3.05) is 36.4 Å². The lowest BCUT2D eigenvalue weighted by Gasteiger charge is -2.36. The van der Waals surface area contributed by atoms with Crippen LogP contribution in [0.5, 0.6) is 0 Å². The minimum Gasteiger partial charge on any atom is -0.370 e. The van der Waals surface area contributed by atoms with E-state index in [1.54, 1.807) is 0 Å². The van der Waals surface area contributed by atoms with Gasteiger partial charge >= 0.3 is 0 Å². The van der Waals surface area contributed by atoms with E-state index in [2.05, 4.69) is 35.3 Å². The molecular weight excluding hydrogens is 312 g/mol. The lowest BCUT2D eigenvalue weighted by Crippen LogP contribution is -2.48. The van der Waals surface area contributed by atoms with E-state index in [1.807, 2.05) is 42.2 Å². The zero-order valence-corrected chi connectivity index (χ0v) is 14.9. The van der Waals surface area contributed by atoms with Gasteiger partial charge in [-0.15, -0.1) is 0 Å². The standard InChI is InChI=1S/C20H26N4O/c1-15-8-9-18(14-19(15)22-16(2)21)23-10-12-24(13-11-23)20(25)17-6-4-3-5-7-17/h3-9,14,16,22H,10-13,21H2,1-2H3. The first-order chi connectivity index (χ1) is 12.0. The second kappa shape index (κ2) is 7.57. The molecule has 1 heterocycles. The van der Waals surface area contributed by atoms with E-state index in [1.165, 1.54) is 11.3 Å². The summed E-state index contributed by atoms with van der Waals surface area (Å²) in [6.07, 6.45) is -0.0886. The van der Waals surface area contributed by atoms with Gasteiger partial charge in [-0.1, -0.05) is 24.3 Å². The lowest BCUT2D eigenvalue weighted by atomic mass is 10.1. The molecule has 1 saturated heterocycles. The van der Waals surface area contributed by atoms with Gasteiger partial charge in [0, 0.05) is 43.1 Å². The summed E-state index contributed by atoms with van der Waals surface area (Å²) in [4.78, 5) is 16.8. The Balaban J connectivity index is 1.65. The van der Waals surface area contributed by atoms with Crippen LogP contribution in [0.25, 0.3) is 0 Å². The molecule has 5 heteroatoms. The molecule has 3 rings (SSSR count). The Morgan fingerprint density at radius 3 is 2.40 bits per heavy atom. The molecule has 0 spiro atoms. The summed E-state index contributed by atoms with van der Waals surface area (Å²) in [5.74, 6) is 0.114. The number of benzene rings is 2. The number of nitrogens with one attached hydrogen (secondary N) is 1. The van der Waals surface area contributed by atoms with E-state index < -0.39 is 0 Å². The maximum atomic E-state index is 12.5. The van der Waals surface area contributed by atoms with Crippen molar-refractivity contribution in [1.29, 1.82) is 0 Å². The molecule has 0 saturated carbocycles. The number of carbonyl (C=O) groups excluding carboxylic acids is 1. The van der Waals surface area contributed by atoms with Crippen molar-refractivity contribution in [3.63, 3.8) is 0 Å². The number of hydrogen-bond donors (Lipinski definition) is 2. The van der Waals surface area contributed by atoms with Gasteiger partial charge in [-0.05, 0) is 43.7 Å². The fraction of sp³-hybridized carbons (Fsp3) is 0.350. The first-order valence-electron chi connectivity index (χ1n) is 8.76. The predicted molar refractivity (Wildman–Crippen MR) is 103 cm³/mol. The normalized spacial score (nSPS) is 15.8. The van der Waals surface area contributed by atoms with Crippen molar-refractivity contribution in [3.8, 4) is 0 Å². The van der Waals surface area contributed by atoms with Gasteiger partial charge in [0.25, 0.3) is 5.91 Å². The van der Waals surface area contributed by atoms with Crippen LogP contribution in [0.4, 0.5) is 11.4 Å². The average molecular weight is 338 g/mol. The molecule has 1 unspecified atom stereocenters. The highest BCUT2D eigenvalue weighted by molar-refractivity contribution is 5.94. The predicted octanol–water partition coefficient (Wildman–Crippen LogP) is 2.67. The number of anilines is 2. The molecule has 1 atom stereocenters. The van der Waals surface area contributed by atoms with Gasteiger partial charge in [0.15, 0.2) is 0 Å². The van der Waals surface area contributed by atoms with Crippen LogP contribution in [0.3, 0.4) is 0 Å². The zero-order valence-electron chi connectivity index (χ0n) is 14.9. The largest absolute Gasteiger partial charge is 0.370 e. The molecular formula is C20H26N4O. The van der Waals surface area contributed by atoms with Crippen LogP contribution < -0.4 is 16.0 Å². The first-order valence-corrected chi connectivity index (χ1v) is 8.76. The van der Waals surface area contributed by atoms with Gasteiger partial charge in [0.05, 0.1) is 6.17 Å². The summed E-state index contributed by atoms with van der Waals surface area (Å²) in [5, 5.41) is 3.29. The number of hydrogen-bond acceptors (Lipinski definition) is 4. The Bertz CT molecular complexity index is 722. The molecule has 0 radical (unpaired) electrons. The van der Waals surface area contributed by atoms with E-state index >= 15 is 0 Å². The van der Waals surface area contributed by atoms with Gasteiger partial charge in [-0.2, -0.15) is 0 Å². The summed E-state index contributed by atoms with van der Waals surface area (Å²) < 4.78 is 0.